The van der Waals surface area contributed by atoms with Gasteiger partial charge in [0.1, 0.15) is 23.9 Å². The maximum absolute atomic E-state index is 11.9. The molecule has 0 radical (unpaired) electrons. The zero-order valence-electron chi connectivity index (χ0n) is 13.8. The van der Waals surface area contributed by atoms with Crippen molar-refractivity contribution in [2.45, 2.75) is 0 Å². The molecule has 2 amide bonds. The number of urea groups is 1. The standard InChI is InChI=1S/C17H18Cl2N2O4/c1-23-12-8-13(24-2)10-14(9-12)25-6-5-20-17(22)21-16-4-3-11(18)7-15(16)19/h3-4,7-10H,5-6H2,1-2H3,(H2,20,21,22). The van der Waals surface area contributed by atoms with Crippen molar-refractivity contribution in [3.63, 3.8) is 0 Å². The van der Waals surface area contributed by atoms with E-state index in [4.69, 9.17) is 37.4 Å². The number of rotatable bonds is 7. The number of methoxy groups -OCH3 is 2. The number of nitrogens with one attached hydrogen (secondary N) is 2. The lowest BCUT2D eigenvalue weighted by Crippen LogP contribution is -2.32. The summed E-state index contributed by atoms with van der Waals surface area (Å²) in [5, 5.41) is 6.17. The molecule has 0 aliphatic heterocycles. The summed E-state index contributed by atoms with van der Waals surface area (Å²) in [6.07, 6.45) is 0. The number of benzene rings is 2. The van der Waals surface area contributed by atoms with Crippen molar-refractivity contribution in [1.29, 1.82) is 0 Å². The second-order valence-electron chi connectivity index (χ2n) is 4.90. The molecule has 8 heteroatoms. The highest BCUT2D eigenvalue weighted by Crippen LogP contribution is 2.27. The Hall–Kier alpha value is -2.31. The summed E-state index contributed by atoms with van der Waals surface area (Å²) in [6.45, 7) is 0.578. The average Bonchev–Trinajstić information content (AvgIpc) is 2.60. The molecule has 0 spiro atoms. The minimum Gasteiger partial charge on any atom is -0.496 e. The van der Waals surface area contributed by atoms with E-state index in [1.54, 1.807) is 50.6 Å². The van der Waals surface area contributed by atoms with Crippen molar-refractivity contribution < 1.29 is 19.0 Å². The van der Waals surface area contributed by atoms with Gasteiger partial charge in [-0.1, -0.05) is 23.2 Å². The van der Waals surface area contributed by atoms with Gasteiger partial charge in [-0.2, -0.15) is 0 Å². The van der Waals surface area contributed by atoms with E-state index in [1.165, 1.54) is 0 Å². The zero-order chi connectivity index (χ0) is 18.2. The van der Waals surface area contributed by atoms with Crippen LogP contribution in [0.3, 0.4) is 0 Å². The van der Waals surface area contributed by atoms with Gasteiger partial charge in [0.25, 0.3) is 0 Å². The minimum atomic E-state index is -0.393. The van der Waals surface area contributed by atoms with Crippen LogP contribution < -0.4 is 24.8 Å². The average molecular weight is 385 g/mol. The van der Waals surface area contributed by atoms with Gasteiger partial charge in [-0.25, -0.2) is 4.79 Å². The number of hydrogen-bond donors (Lipinski definition) is 2. The third-order valence-corrected chi connectivity index (χ3v) is 3.71. The maximum Gasteiger partial charge on any atom is 0.319 e. The van der Waals surface area contributed by atoms with Crippen LogP contribution in [-0.2, 0) is 0 Å². The molecule has 2 aromatic rings. The van der Waals surface area contributed by atoms with E-state index >= 15 is 0 Å². The number of amides is 2. The van der Waals surface area contributed by atoms with Crippen molar-refractivity contribution in [2.24, 2.45) is 0 Å². The highest BCUT2D eigenvalue weighted by Gasteiger charge is 2.06. The summed E-state index contributed by atoms with van der Waals surface area (Å²) >= 11 is 11.8. The molecular formula is C17H18Cl2N2O4. The van der Waals surface area contributed by atoms with Gasteiger partial charge in [-0.15, -0.1) is 0 Å². The summed E-state index contributed by atoms with van der Waals surface area (Å²) in [5.74, 6) is 1.83. The van der Waals surface area contributed by atoms with Crippen LogP contribution in [0.5, 0.6) is 17.2 Å². The SMILES string of the molecule is COc1cc(OC)cc(OCCNC(=O)Nc2ccc(Cl)cc2Cl)c1. The first-order valence-electron chi connectivity index (χ1n) is 7.37. The molecule has 0 bridgehead atoms. The normalized spacial score (nSPS) is 10.1. The molecule has 0 fully saturated rings. The topological polar surface area (TPSA) is 68.8 Å². The fourth-order valence-electron chi connectivity index (χ4n) is 1.96. The van der Waals surface area contributed by atoms with Gasteiger partial charge in [0.05, 0.1) is 31.5 Å². The maximum atomic E-state index is 11.9. The smallest absolute Gasteiger partial charge is 0.319 e. The molecule has 6 nitrogen and oxygen atoms in total. The van der Waals surface area contributed by atoms with Gasteiger partial charge >= 0.3 is 6.03 Å². The zero-order valence-corrected chi connectivity index (χ0v) is 15.3. The third kappa shape index (κ3) is 5.92. The van der Waals surface area contributed by atoms with Crippen LogP contribution in [0.2, 0.25) is 10.0 Å². The second-order valence-corrected chi connectivity index (χ2v) is 5.75. The first kappa shape index (κ1) is 19.0. The summed E-state index contributed by atoms with van der Waals surface area (Å²) in [6, 6.07) is 9.64. The Labute approximate surface area is 156 Å². The van der Waals surface area contributed by atoms with Crippen LogP contribution in [0, 0.1) is 0 Å². The molecule has 2 aromatic carbocycles. The molecule has 0 aliphatic carbocycles. The number of hydrogen-bond acceptors (Lipinski definition) is 4. The van der Waals surface area contributed by atoms with Crippen molar-refractivity contribution in [1.82, 2.24) is 5.32 Å². The summed E-state index contributed by atoms with van der Waals surface area (Å²) in [4.78, 5) is 11.9. The Bertz CT molecular complexity index is 718. The molecule has 0 atom stereocenters. The number of carbonyl (C=O) groups excluding carboxylic acids is 1. The van der Waals surface area contributed by atoms with E-state index in [2.05, 4.69) is 10.6 Å². The van der Waals surface area contributed by atoms with Crippen LogP contribution in [0.25, 0.3) is 0 Å². The van der Waals surface area contributed by atoms with Crippen LogP contribution in [0.4, 0.5) is 10.5 Å². The molecule has 0 unspecified atom stereocenters. The Morgan fingerprint density at radius 1 is 1.00 bits per heavy atom. The highest BCUT2D eigenvalue weighted by molar-refractivity contribution is 6.36. The van der Waals surface area contributed by atoms with Gasteiger partial charge in [0.2, 0.25) is 0 Å². The lowest BCUT2D eigenvalue weighted by Gasteiger charge is -2.12. The fraction of sp³-hybridized carbons (Fsp3) is 0.235. The Morgan fingerprint density at radius 2 is 1.64 bits per heavy atom. The quantitative estimate of drug-likeness (QED) is 0.701. The molecule has 0 aliphatic rings. The number of anilines is 1. The minimum absolute atomic E-state index is 0.276. The van der Waals surface area contributed by atoms with E-state index in [9.17, 15) is 4.79 Å². The first-order valence-corrected chi connectivity index (χ1v) is 8.13. The molecular weight excluding hydrogens is 367 g/mol. The molecule has 0 aromatic heterocycles. The van der Waals surface area contributed by atoms with Crippen molar-refractivity contribution in [2.75, 3.05) is 32.7 Å². The van der Waals surface area contributed by atoms with Crippen molar-refractivity contribution in [3.8, 4) is 17.2 Å². The predicted octanol–water partition coefficient (Wildman–Crippen LogP) is 4.21. The molecule has 25 heavy (non-hydrogen) atoms. The molecule has 2 rings (SSSR count). The largest absolute Gasteiger partial charge is 0.496 e. The molecule has 0 saturated heterocycles. The Morgan fingerprint density at radius 3 is 2.24 bits per heavy atom. The number of ether oxygens (including phenoxy) is 3. The van der Waals surface area contributed by atoms with Crippen LogP contribution in [0.1, 0.15) is 0 Å². The summed E-state index contributed by atoms with van der Waals surface area (Å²) in [5.41, 5.74) is 0.474. The molecule has 134 valence electrons. The summed E-state index contributed by atoms with van der Waals surface area (Å²) < 4.78 is 15.9. The molecule has 2 N–H and O–H groups in total. The van der Waals surface area contributed by atoms with Gasteiger partial charge in [0.15, 0.2) is 0 Å². The van der Waals surface area contributed by atoms with Crippen molar-refractivity contribution >= 4 is 34.9 Å². The fourth-order valence-corrected chi connectivity index (χ4v) is 2.41. The van der Waals surface area contributed by atoms with Gasteiger partial charge in [-0.05, 0) is 18.2 Å². The van der Waals surface area contributed by atoms with Gasteiger partial charge in [0, 0.05) is 23.2 Å². The predicted molar refractivity (Wildman–Crippen MR) is 98.5 cm³/mol. The number of halogens is 2. The Kier molecular flexibility index (Phi) is 7.03. The van der Waals surface area contributed by atoms with Crippen LogP contribution in [0.15, 0.2) is 36.4 Å². The van der Waals surface area contributed by atoms with Gasteiger partial charge in [-0.3, -0.25) is 0 Å². The van der Waals surface area contributed by atoms with E-state index in [1.807, 2.05) is 0 Å². The lowest BCUT2D eigenvalue weighted by atomic mass is 10.3. The first-order chi connectivity index (χ1) is 12.0. The molecule has 0 saturated carbocycles. The van der Waals surface area contributed by atoms with E-state index in [0.29, 0.717) is 39.5 Å². The van der Waals surface area contributed by atoms with Crippen molar-refractivity contribution in [3.05, 3.63) is 46.4 Å². The van der Waals surface area contributed by atoms with E-state index in [-0.39, 0.29) is 6.61 Å². The second kappa shape index (κ2) is 9.25. The third-order valence-electron chi connectivity index (χ3n) is 3.16. The molecule has 0 heterocycles. The lowest BCUT2D eigenvalue weighted by molar-refractivity contribution is 0.247. The summed E-state index contributed by atoms with van der Waals surface area (Å²) in [7, 11) is 3.12. The van der Waals surface area contributed by atoms with Crippen LogP contribution >= 0.6 is 23.2 Å². The number of carbonyl (C=O) groups is 1. The van der Waals surface area contributed by atoms with E-state index < -0.39 is 6.03 Å². The Balaban J connectivity index is 1.80. The van der Waals surface area contributed by atoms with Crippen LogP contribution in [-0.4, -0.2) is 33.4 Å². The monoisotopic (exact) mass is 384 g/mol. The van der Waals surface area contributed by atoms with E-state index in [0.717, 1.165) is 0 Å². The van der Waals surface area contributed by atoms with Gasteiger partial charge < -0.3 is 24.8 Å². The highest BCUT2D eigenvalue weighted by atomic mass is 35.5.